The van der Waals surface area contributed by atoms with Crippen molar-refractivity contribution in [3.63, 3.8) is 0 Å². The smallest absolute Gasteiger partial charge is 0.197 e. The van der Waals surface area contributed by atoms with Crippen molar-refractivity contribution in [1.29, 1.82) is 0 Å². The molecule has 4 nitrogen and oxygen atoms in total. The summed E-state index contributed by atoms with van der Waals surface area (Å²) in [5, 5.41) is 4.46. The van der Waals surface area contributed by atoms with Crippen molar-refractivity contribution in [2.45, 2.75) is 52.2 Å². The maximum atomic E-state index is 5.82. The number of ether oxygens (including phenoxy) is 1. The van der Waals surface area contributed by atoms with Crippen molar-refractivity contribution in [3.05, 3.63) is 0 Å². The van der Waals surface area contributed by atoms with Gasteiger partial charge in [0.25, 0.3) is 0 Å². The highest BCUT2D eigenvalue weighted by atomic mass is 32.1. The van der Waals surface area contributed by atoms with Crippen molar-refractivity contribution < 1.29 is 4.74 Å². The fraction of sp³-hybridized carbons (Fsp3) is 0.750. The Hall–Kier alpha value is -0.970. The monoisotopic (exact) mass is 255 g/mol. The number of aromatic nitrogens is 1. The number of hydrogen-bond acceptors (Lipinski definition) is 5. The molecule has 1 atom stereocenters. The largest absolute Gasteiger partial charge is 0.484 e. The Balaban J connectivity index is 2.03. The van der Waals surface area contributed by atoms with Gasteiger partial charge in [-0.3, -0.25) is 0 Å². The number of nitrogen functional groups attached to an aromatic ring is 1. The van der Waals surface area contributed by atoms with E-state index in [9.17, 15) is 0 Å². The third-order valence-corrected chi connectivity index (χ3v) is 4.02. The van der Waals surface area contributed by atoms with Gasteiger partial charge in [0.1, 0.15) is 0 Å². The zero-order valence-corrected chi connectivity index (χ0v) is 11.5. The lowest BCUT2D eigenvalue weighted by Crippen LogP contribution is -2.30. The van der Waals surface area contributed by atoms with Gasteiger partial charge in [0.05, 0.1) is 6.10 Å². The van der Waals surface area contributed by atoms with Crippen LogP contribution in [-0.2, 0) is 0 Å². The molecule has 96 valence electrons. The second-order valence-corrected chi connectivity index (χ2v) is 5.79. The van der Waals surface area contributed by atoms with Crippen LogP contribution in [0.3, 0.4) is 0 Å². The lowest BCUT2D eigenvalue weighted by Gasteiger charge is -2.32. The van der Waals surface area contributed by atoms with Gasteiger partial charge >= 0.3 is 0 Å². The number of anilines is 2. The topological polar surface area (TPSA) is 60.2 Å². The standard InChI is InChI=1S/C12H21N3OS/c1-7(2)16-10-11(13)15-17-12(10)14-8(3)9-5-4-6-9/h7-9,14H,4-6H2,1-3H3,(H2,13,15). The van der Waals surface area contributed by atoms with Crippen LogP contribution in [0.5, 0.6) is 5.75 Å². The third kappa shape index (κ3) is 2.83. The molecule has 0 aliphatic heterocycles. The minimum Gasteiger partial charge on any atom is -0.484 e. The minimum absolute atomic E-state index is 0.119. The van der Waals surface area contributed by atoms with E-state index < -0.39 is 0 Å². The Bertz CT molecular complexity index is 374. The molecule has 0 spiro atoms. The molecular formula is C12H21N3OS. The summed E-state index contributed by atoms with van der Waals surface area (Å²) in [6, 6.07) is 0.470. The van der Waals surface area contributed by atoms with Crippen molar-refractivity contribution in [1.82, 2.24) is 4.37 Å². The molecule has 3 N–H and O–H groups in total. The average Bonchev–Trinajstić information content (AvgIpc) is 2.46. The summed E-state index contributed by atoms with van der Waals surface area (Å²) in [4.78, 5) is 0. The Labute approximate surface area is 107 Å². The van der Waals surface area contributed by atoms with Gasteiger partial charge in [-0.05, 0) is 51.1 Å². The highest BCUT2D eigenvalue weighted by Crippen LogP contribution is 2.38. The van der Waals surface area contributed by atoms with Crippen LogP contribution in [0.15, 0.2) is 0 Å². The molecule has 1 aromatic heterocycles. The molecule has 17 heavy (non-hydrogen) atoms. The van der Waals surface area contributed by atoms with E-state index in [1.165, 1.54) is 30.8 Å². The fourth-order valence-electron chi connectivity index (χ4n) is 2.00. The van der Waals surface area contributed by atoms with Crippen LogP contribution >= 0.6 is 11.5 Å². The van der Waals surface area contributed by atoms with E-state index in [2.05, 4.69) is 16.6 Å². The predicted molar refractivity (Wildman–Crippen MR) is 72.7 cm³/mol. The van der Waals surface area contributed by atoms with Crippen LogP contribution in [0.4, 0.5) is 10.8 Å². The van der Waals surface area contributed by atoms with E-state index in [1.54, 1.807) is 0 Å². The first-order valence-corrected chi connectivity index (χ1v) is 7.03. The molecule has 2 rings (SSSR count). The maximum absolute atomic E-state index is 5.82. The first-order chi connectivity index (χ1) is 8.08. The van der Waals surface area contributed by atoms with Crippen LogP contribution in [-0.4, -0.2) is 16.5 Å². The van der Waals surface area contributed by atoms with Gasteiger partial charge < -0.3 is 15.8 Å². The SMILES string of the molecule is CC(C)Oc1c(N)nsc1NC(C)C1CCC1. The van der Waals surface area contributed by atoms with Crippen LogP contribution in [0.25, 0.3) is 0 Å². The van der Waals surface area contributed by atoms with Gasteiger partial charge in [0.15, 0.2) is 16.6 Å². The molecule has 1 aliphatic rings. The van der Waals surface area contributed by atoms with Crippen molar-refractivity contribution in [3.8, 4) is 5.75 Å². The number of nitrogens with one attached hydrogen (secondary N) is 1. The van der Waals surface area contributed by atoms with Gasteiger partial charge in [0.2, 0.25) is 0 Å². The predicted octanol–water partition coefficient (Wildman–Crippen LogP) is 3.11. The highest BCUT2D eigenvalue weighted by Gasteiger charge is 2.25. The van der Waals surface area contributed by atoms with Gasteiger partial charge in [-0.25, -0.2) is 0 Å². The quantitative estimate of drug-likeness (QED) is 0.848. The second-order valence-electron chi connectivity index (χ2n) is 5.02. The van der Waals surface area contributed by atoms with Crippen LogP contribution in [0, 0.1) is 5.92 Å². The molecule has 5 heteroatoms. The summed E-state index contributed by atoms with van der Waals surface area (Å²) in [5.41, 5.74) is 5.82. The lowest BCUT2D eigenvalue weighted by molar-refractivity contribution is 0.244. The molecule has 1 heterocycles. The van der Waals surface area contributed by atoms with Gasteiger partial charge in [-0.2, -0.15) is 4.37 Å². The lowest BCUT2D eigenvalue weighted by atomic mass is 9.80. The molecule has 0 aromatic carbocycles. The number of hydrogen-bond donors (Lipinski definition) is 2. The third-order valence-electron chi connectivity index (χ3n) is 3.24. The van der Waals surface area contributed by atoms with Crippen LogP contribution in [0.2, 0.25) is 0 Å². The van der Waals surface area contributed by atoms with E-state index in [-0.39, 0.29) is 6.10 Å². The summed E-state index contributed by atoms with van der Waals surface area (Å²) in [5.74, 6) is 1.99. The fourth-order valence-corrected chi connectivity index (χ4v) is 2.75. The molecule has 1 aromatic rings. The van der Waals surface area contributed by atoms with Crippen molar-refractivity contribution in [2.75, 3.05) is 11.1 Å². The van der Waals surface area contributed by atoms with E-state index in [0.29, 0.717) is 11.9 Å². The average molecular weight is 255 g/mol. The summed E-state index contributed by atoms with van der Waals surface area (Å²) in [6.07, 6.45) is 4.12. The Morgan fingerprint density at radius 2 is 2.12 bits per heavy atom. The molecule has 1 saturated carbocycles. The molecule has 1 fully saturated rings. The molecule has 1 aliphatic carbocycles. The maximum Gasteiger partial charge on any atom is 0.197 e. The van der Waals surface area contributed by atoms with E-state index >= 15 is 0 Å². The Morgan fingerprint density at radius 1 is 1.41 bits per heavy atom. The summed E-state index contributed by atoms with van der Waals surface area (Å²) < 4.78 is 9.87. The van der Waals surface area contributed by atoms with E-state index in [4.69, 9.17) is 10.5 Å². The van der Waals surface area contributed by atoms with E-state index in [0.717, 1.165) is 16.7 Å². The second kappa shape index (κ2) is 5.12. The van der Waals surface area contributed by atoms with Gasteiger partial charge in [0, 0.05) is 6.04 Å². The number of nitrogens with two attached hydrogens (primary N) is 1. The zero-order chi connectivity index (χ0) is 12.4. The van der Waals surface area contributed by atoms with Crippen molar-refractivity contribution in [2.24, 2.45) is 5.92 Å². The highest BCUT2D eigenvalue weighted by molar-refractivity contribution is 7.11. The summed E-state index contributed by atoms with van der Waals surface area (Å²) >= 11 is 1.39. The molecule has 0 amide bonds. The molecule has 1 unspecified atom stereocenters. The zero-order valence-electron chi connectivity index (χ0n) is 10.7. The minimum atomic E-state index is 0.119. The molecule has 0 bridgehead atoms. The Kier molecular flexibility index (Phi) is 3.76. The number of nitrogens with zero attached hydrogens (tertiary/aromatic N) is 1. The summed E-state index contributed by atoms with van der Waals surface area (Å²) in [6.45, 7) is 6.21. The first-order valence-electron chi connectivity index (χ1n) is 6.26. The summed E-state index contributed by atoms with van der Waals surface area (Å²) in [7, 11) is 0. The number of rotatable bonds is 5. The molecular weight excluding hydrogens is 234 g/mol. The van der Waals surface area contributed by atoms with Crippen molar-refractivity contribution >= 4 is 22.4 Å². The molecule has 0 radical (unpaired) electrons. The first kappa shape index (κ1) is 12.5. The van der Waals surface area contributed by atoms with Crippen LogP contribution in [0.1, 0.15) is 40.0 Å². The van der Waals surface area contributed by atoms with Crippen LogP contribution < -0.4 is 15.8 Å². The normalized spacial score (nSPS) is 17.9. The van der Waals surface area contributed by atoms with Gasteiger partial charge in [-0.15, -0.1) is 0 Å². The Morgan fingerprint density at radius 3 is 2.65 bits per heavy atom. The molecule has 0 saturated heterocycles. The van der Waals surface area contributed by atoms with Gasteiger partial charge in [-0.1, -0.05) is 6.42 Å². The van der Waals surface area contributed by atoms with E-state index in [1.807, 2.05) is 13.8 Å².